The lowest BCUT2D eigenvalue weighted by Crippen LogP contribution is -2.08. The zero-order chi connectivity index (χ0) is 19.9. The van der Waals surface area contributed by atoms with Gasteiger partial charge >= 0.3 is 5.97 Å². The number of hydrogen-bond donors (Lipinski definition) is 1. The molecule has 0 heterocycles. The van der Waals surface area contributed by atoms with E-state index in [4.69, 9.17) is 0 Å². The highest BCUT2D eigenvalue weighted by Crippen LogP contribution is 2.38. The van der Waals surface area contributed by atoms with Crippen molar-refractivity contribution in [3.05, 3.63) is 49.6 Å². The Hall–Kier alpha value is -2.77. The molecular weight excluding hydrogens is 340 g/mol. The molecule has 1 unspecified atom stereocenters. The fraction of sp³-hybridized carbons (Fsp3) is 0.500. The summed E-state index contributed by atoms with van der Waals surface area (Å²) in [6.07, 6.45) is 6.02. The van der Waals surface area contributed by atoms with Crippen LogP contribution in [0.5, 0.6) is 0 Å². The third-order valence-corrected chi connectivity index (χ3v) is 4.36. The minimum atomic E-state index is -1.45. The molecule has 26 heavy (non-hydrogen) atoms. The van der Waals surface area contributed by atoms with Crippen molar-refractivity contribution in [2.75, 3.05) is 0 Å². The van der Waals surface area contributed by atoms with Gasteiger partial charge in [-0.2, -0.15) is 0 Å². The summed E-state index contributed by atoms with van der Waals surface area (Å²) in [6, 6.07) is 2.53. The van der Waals surface area contributed by atoms with Crippen LogP contribution >= 0.6 is 0 Å². The van der Waals surface area contributed by atoms with Crippen LogP contribution in [0.1, 0.15) is 69.9 Å². The molecule has 1 rings (SSSR count). The molecule has 8 nitrogen and oxygen atoms in total. The summed E-state index contributed by atoms with van der Waals surface area (Å²) in [4.78, 5) is 32.8. The Labute approximate surface area is 151 Å². The number of benzene rings is 1. The van der Waals surface area contributed by atoms with Gasteiger partial charge in [-0.3, -0.25) is 20.2 Å². The molecule has 1 N–H and O–H groups in total. The summed E-state index contributed by atoms with van der Waals surface area (Å²) in [5.74, 6) is -1.55. The van der Waals surface area contributed by atoms with E-state index in [-0.39, 0.29) is 5.92 Å². The average Bonchev–Trinajstić information content (AvgIpc) is 2.58. The predicted octanol–water partition coefficient (Wildman–Crippen LogP) is 5.06. The molecule has 142 valence electrons. The fourth-order valence-corrected chi connectivity index (χ4v) is 2.90. The molecule has 8 heteroatoms. The Balaban J connectivity index is 3.44. The number of nitrogens with zero attached hydrogens (tertiary/aromatic N) is 2. The maximum absolute atomic E-state index is 11.5. The molecule has 1 atom stereocenters. The molecule has 0 spiro atoms. The largest absolute Gasteiger partial charge is 0.478 e. The number of rotatable bonds is 10. The molecule has 1 aromatic carbocycles. The van der Waals surface area contributed by atoms with Gasteiger partial charge in [0.1, 0.15) is 5.56 Å². The minimum absolute atomic E-state index is 0.0998. The molecule has 0 saturated carbocycles. The van der Waals surface area contributed by atoms with E-state index in [1.165, 1.54) is 19.1 Å². The summed E-state index contributed by atoms with van der Waals surface area (Å²) in [6.45, 7) is 5.33. The fourth-order valence-electron chi connectivity index (χ4n) is 2.90. The Morgan fingerprint density at radius 1 is 1.15 bits per heavy atom. The number of hydrogen-bond acceptors (Lipinski definition) is 5. The molecule has 0 aliphatic carbocycles. The summed E-state index contributed by atoms with van der Waals surface area (Å²) in [5, 5.41) is 32.2. The van der Waals surface area contributed by atoms with Crippen molar-refractivity contribution in [3.63, 3.8) is 0 Å². The van der Waals surface area contributed by atoms with Crippen molar-refractivity contribution >= 4 is 22.9 Å². The Morgan fingerprint density at radius 3 is 2.08 bits per heavy atom. The number of carbonyl (C=O) groups is 1. The maximum atomic E-state index is 11.5. The van der Waals surface area contributed by atoms with E-state index in [9.17, 15) is 30.1 Å². The van der Waals surface area contributed by atoms with Gasteiger partial charge < -0.3 is 5.11 Å². The minimum Gasteiger partial charge on any atom is -0.478 e. The average molecular weight is 364 g/mol. The quantitative estimate of drug-likeness (QED) is 0.268. The topological polar surface area (TPSA) is 124 Å². The van der Waals surface area contributed by atoms with Gasteiger partial charge in [0.05, 0.1) is 15.4 Å². The van der Waals surface area contributed by atoms with Crippen LogP contribution in [-0.4, -0.2) is 20.9 Å². The second-order valence-corrected chi connectivity index (χ2v) is 6.21. The number of carboxylic acids is 1. The first-order valence-electron chi connectivity index (χ1n) is 8.61. The third-order valence-electron chi connectivity index (χ3n) is 4.36. The second-order valence-electron chi connectivity index (χ2n) is 6.21. The van der Waals surface area contributed by atoms with Gasteiger partial charge in [-0.25, -0.2) is 4.79 Å². The number of nitro groups is 2. The van der Waals surface area contributed by atoms with Crippen LogP contribution in [0.15, 0.2) is 18.2 Å². The summed E-state index contributed by atoms with van der Waals surface area (Å²) in [7, 11) is 0. The van der Waals surface area contributed by atoms with Gasteiger partial charge in [0.2, 0.25) is 0 Å². The zero-order valence-corrected chi connectivity index (χ0v) is 15.2. The molecular formula is C18H24N2O6. The van der Waals surface area contributed by atoms with Gasteiger partial charge in [0.25, 0.3) is 11.4 Å². The van der Waals surface area contributed by atoms with Gasteiger partial charge in [-0.05, 0) is 24.8 Å². The number of allylic oxidation sites excluding steroid dienone is 1. The first kappa shape index (κ1) is 21.3. The highest BCUT2D eigenvalue weighted by molar-refractivity contribution is 6.18. The second kappa shape index (κ2) is 9.65. The van der Waals surface area contributed by atoms with E-state index in [1.54, 1.807) is 0 Å². The highest BCUT2D eigenvalue weighted by Gasteiger charge is 2.32. The first-order chi connectivity index (χ1) is 12.2. The third kappa shape index (κ3) is 5.11. The normalized spacial score (nSPS) is 12.7. The van der Waals surface area contributed by atoms with Crippen molar-refractivity contribution in [1.82, 2.24) is 0 Å². The first-order valence-corrected chi connectivity index (χ1v) is 8.61. The SMILES string of the molecule is CC=C(C(=O)O)c1c([N+](=O)[O-])cc(C(C)CCCCCC)cc1[N+](=O)[O-]. The van der Waals surface area contributed by atoms with Crippen molar-refractivity contribution in [3.8, 4) is 0 Å². The van der Waals surface area contributed by atoms with Gasteiger partial charge in [0.15, 0.2) is 0 Å². The van der Waals surface area contributed by atoms with E-state index in [2.05, 4.69) is 6.92 Å². The lowest BCUT2D eigenvalue weighted by Gasteiger charge is -2.14. The Bertz CT molecular complexity index is 691. The molecule has 1 aromatic rings. The van der Waals surface area contributed by atoms with Crippen LogP contribution < -0.4 is 0 Å². The molecule has 0 aromatic heterocycles. The number of aliphatic carboxylic acids is 1. The molecule has 0 aliphatic rings. The van der Waals surface area contributed by atoms with E-state index < -0.39 is 38.3 Å². The van der Waals surface area contributed by atoms with E-state index in [0.29, 0.717) is 5.56 Å². The van der Waals surface area contributed by atoms with Crippen LogP contribution in [0.25, 0.3) is 5.57 Å². The smallest absolute Gasteiger partial charge is 0.336 e. The lowest BCUT2D eigenvalue weighted by molar-refractivity contribution is -0.394. The summed E-state index contributed by atoms with van der Waals surface area (Å²) < 4.78 is 0. The molecule has 0 amide bonds. The number of carboxylic acid groups (broad SMARTS) is 1. The van der Waals surface area contributed by atoms with Crippen molar-refractivity contribution in [1.29, 1.82) is 0 Å². The van der Waals surface area contributed by atoms with E-state index in [0.717, 1.165) is 38.2 Å². The lowest BCUT2D eigenvalue weighted by atomic mass is 9.90. The van der Waals surface area contributed by atoms with Crippen LogP contribution in [0.4, 0.5) is 11.4 Å². The maximum Gasteiger partial charge on any atom is 0.336 e. The van der Waals surface area contributed by atoms with Gasteiger partial charge in [-0.1, -0.05) is 45.6 Å². The van der Waals surface area contributed by atoms with Gasteiger partial charge in [-0.15, -0.1) is 0 Å². The molecule has 0 radical (unpaired) electrons. The molecule has 0 bridgehead atoms. The predicted molar refractivity (Wildman–Crippen MR) is 98.2 cm³/mol. The number of unbranched alkanes of at least 4 members (excludes halogenated alkanes) is 3. The standard InChI is InChI=1S/C18H24N2O6/c1-4-6-7-8-9-12(3)13-10-15(19(23)24)17(14(5-2)18(21)22)16(11-13)20(25)26/h5,10-12H,4,6-9H2,1-3H3,(H,21,22). The Kier molecular flexibility index (Phi) is 7.89. The van der Waals surface area contributed by atoms with Crippen LogP contribution in [0, 0.1) is 20.2 Å². The van der Waals surface area contributed by atoms with Gasteiger partial charge in [0, 0.05) is 12.1 Å². The van der Waals surface area contributed by atoms with Crippen molar-refractivity contribution in [2.45, 2.75) is 58.8 Å². The molecule has 0 aliphatic heterocycles. The van der Waals surface area contributed by atoms with Crippen molar-refractivity contribution in [2.24, 2.45) is 0 Å². The number of nitro benzene ring substituents is 2. The van der Waals surface area contributed by atoms with Crippen molar-refractivity contribution < 1.29 is 19.7 Å². The zero-order valence-electron chi connectivity index (χ0n) is 15.2. The van der Waals surface area contributed by atoms with Crippen LogP contribution in [0.3, 0.4) is 0 Å². The summed E-state index contributed by atoms with van der Waals surface area (Å²) in [5.41, 5.74) is -1.54. The molecule has 0 saturated heterocycles. The Morgan fingerprint density at radius 2 is 1.69 bits per heavy atom. The van der Waals surface area contributed by atoms with E-state index in [1.807, 2.05) is 6.92 Å². The monoisotopic (exact) mass is 364 g/mol. The van der Waals surface area contributed by atoms with Crippen LogP contribution in [0.2, 0.25) is 0 Å². The van der Waals surface area contributed by atoms with E-state index >= 15 is 0 Å². The van der Waals surface area contributed by atoms with Crippen LogP contribution in [-0.2, 0) is 4.79 Å². The summed E-state index contributed by atoms with van der Waals surface area (Å²) >= 11 is 0. The highest BCUT2D eigenvalue weighted by atomic mass is 16.6. The molecule has 0 fully saturated rings.